The molecule has 2 N–H and O–H groups in total. The number of carbonyl (C=O) groups excluding carboxylic acids is 1. The van der Waals surface area contributed by atoms with Gasteiger partial charge in [-0.2, -0.15) is 0 Å². The molecule has 2 atom stereocenters. The average molecular weight is 402 g/mol. The van der Waals surface area contributed by atoms with E-state index in [9.17, 15) is 9.59 Å². The lowest BCUT2D eigenvalue weighted by molar-refractivity contribution is 0.0760. The van der Waals surface area contributed by atoms with Crippen LogP contribution in [-0.4, -0.2) is 51.8 Å². The molecule has 0 aliphatic carbocycles. The molecule has 2 aliphatic rings. The molecular weight excluding hydrogens is 377 g/mol. The number of nitrogens with one attached hydrogen (secondary N) is 2. The second kappa shape index (κ2) is 7.98. The van der Waals surface area contributed by atoms with Gasteiger partial charge in [0.25, 0.3) is 11.5 Å². The molecule has 2 saturated heterocycles. The zero-order chi connectivity index (χ0) is 16.8. The molecule has 26 heavy (non-hydrogen) atoms. The number of carbonyl (C=O) groups is 1. The van der Waals surface area contributed by atoms with Gasteiger partial charge in [-0.15, -0.1) is 24.8 Å². The van der Waals surface area contributed by atoms with Crippen molar-refractivity contribution in [3.05, 3.63) is 27.7 Å². The van der Waals surface area contributed by atoms with Crippen molar-refractivity contribution in [2.75, 3.05) is 26.2 Å². The van der Waals surface area contributed by atoms with E-state index in [1.165, 1.54) is 0 Å². The third kappa shape index (κ3) is 3.48. The molecule has 4 heterocycles. The van der Waals surface area contributed by atoms with Gasteiger partial charge in [0.05, 0.1) is 10.9 Å². The number of pyridine rings is 1. The molecule has 0 bridgehead atoms. The zero-order valence-corrected chi connectivity index (χ0v) is 16.6. The molecule has 0 aromatic carbocycles. The van der Waals surface area contributed by atoms with Crippen molar-refractivity contribution in [1.29, 1.82) is 0 Å². The first kappa shape index (κ1) is 20.7. The molecule has 2 fully saturated rings. The van der Waals surface area contributed by atoms with Crippen LogP contribution in [-0.2, 0) is 7.05 Å². The highest BCUT2D eigenvalue weighted by Gasteiger charge is 2.32. The van der Waals surface area contributed by atoms with Crippen LogP contribution in [0.3, 0.4) is 0 Å². The van der Waals surface area contributed by atoms with Crippen LogP contribution in [0, 0.1) is 18.8 Å². The number of likely N-dealkylation sites (tertiary alicyclic amines) is 1. The molecule has 0 unspecified atom stereocenters. The first-order valence-corrected chi connectivity index (χ1v) is 8.61. The van der Waals surface area contributed by atoms with Crippen LogP contribution in [0.1, 0.15) is 28.9 Å². The average Bonchev–Trinajstić information content (AvgIpc) is 3.05. The Morgan fingerprint density at radius 2 is 1.81 bits per heavy atom. The molecule has 9 heteroatoms. The summed E-state index contributed by atoms with van der Waals surface area (Å²) in [6.07, 6.45) is 2.06. The Morgan fingerprint density at radius 1 is 1.19 bits per heavy atom. The van der Waals surface area contributed by atoms with Crippen LogP contribution in [0.2, 0.25) is 0 Å². The van der Waals surface area contributed by atoms with Gasteiger partial charge in [0.2, 0.25) is 0 Å². The van der Waals surface area contributed by atoms with Gasteiger partial charge in [-0.05, 0) is 50.8 Å². The molecule has 0 spiro atoms. The number of hydrogen-bond donors (Lipinski definition) is 2. The van der Waals surface area contributed by atoms with Crippen molar-refractivity contribution in [2.24, 2.45) is 18.9 Å². The van der Waals surface area contributed by atoms with Crippen LogP contribution < -0.4 is 10.9 Å². The van der Waals surface area contributed by atoms with Gasteiger partial charge >= 0.3 is 0 Å². The number of hydrogen-bond acceptors (Lipinski definition) is 4. The van der Waals surface area contributed by atoms with E-state index in [-0.39, 0.29) is 36.3 Å². The fourth-order valence-electron chi connectivity index (χ4n) is 4.14. The quantitative estimate of drug-likeness (QED) is 0.757. The van der Waals surface area contributed by atoms with E-state index in [0.717, 1.165) is 44.7 Å². The molecule has 0 radical (unpaired) electrons. The number of aromatic nitrogens is 3. The number of nitrogens with zero attached hydrogens (tertiary/aromatic N) is 3. The number of fused-ring (bicyclic) bond motifs is 2. The first-order valence-electron chi connectivity index (χ1n) is 8.61. The Kier molecular flexibility index (Phi) is 6.37. The first-order chi connectivity index (χ1) is 11.5. The smallest absolute Gasteiger partial charge is 0.274 e. The summed E-state index contributed by atoms with van der Waals surface area (Å²) in [5.41, 5.74) is 1.51. The van der Waals surface area contributed by atoms with Crippen LogP contribution in [0.4, 0.5) is 0 Å². The number of aromatic amines is 1. The minimum atomic E-state index is -0.251. The topological polar surface area (TPSA) is 83.0 Å². The SMILES string of the molecule is Cc1cc(C(=O)N2CC[C@@H]3CNC[C@@H]3CC2)c2c(=O)[nH]n(C)c2n1.Cl.Cl. The van der Waals surface area contributed by atoms with E-state index in [2.05, 4.69) is 15.4 Å². The largest absolute Gasteiger partial charge is 0.339 e. The van der Waals surface area contributed by atoms with Gasteiger partial charge in [0.1, 0.15) is 0 Å². The minimum Gasteiger partial charge on any atom is -0.339 e. The van der Waals surface area contributed by atoms with Gasteiger partial charge in [0, 0.05) is 25.8 Å². The predicted molar refractivity (Wildman–Crippen MR) is 106 cm³/mol. The summed E-state index contributed by atoms with van der Waals surface area (Å²) in [5.74, 6) is 1.29. The van der Waals surface area contributed by atoms with E-state index in [1.807, 2.05) is 11.8 Å². The third-order valence-corrected chi connectivity index (χ3v) is 5.48. The van der Waals surface area contributed by atoms with Crippen LogP contribution in [0.15, 0.2) is 10.9 Å². The number of amides is 1. The van der Waals surface area contributed by atoms with Gasteiger partial charge in [-0.3, -0.25) is 19.4 Å². The van der Waals surface area contributed by atoms with Gasteiger partial charge in [-0.1, -0.05) is 0 Å². The van der Waals surface area contributed by atoms with Gasteiger partial charge in [0.15, 0.2) is 5.65 Å². The van der Waals surface area contributed by atoms with Crippen molar-refractivity contribution in [2.45, 2.75) is 19.8 Å². The predicted octanol–water partition coefficient (Wildman–Crippen LogP) is 1.49. The van der Waals surface area contributed by atoms with Crippen molar-refractivity contribution in [3.63, 3.8) is 0 Å². The standard InChI is InChI=1S/C17H23N5O2.2ClH/c1-10-7-13(14-15(19-10)21(2)20-16(14)23)17(24)22-5-3-11-8-18-9-12(11)4-6-22;;/h7,11-12,18H,3-6,8-9H2,1-2H3,(H,20,23);2*1H/t11-,12+;;. The number of H-pyrrole nitrogens is 1. The summed E-state index contributed by atoms with van der Waals surface area (Å²) < 4.78 is 1.58. The number of rotatable bonds is 1. The maximum Gasteiger partial charge on any atom is 0.274 e. The minimum absolute atomic E-state index is 0. The highest BCUT2D eigenvalue weighted by atomic mass is 35.5. The third-order valence-electron chi connectivity index (χ3n) is 5.48. The lowest BCUT2D eigenvalue weighted by Gasteiger charge is -2.21. The Bertz CT molecular complexity index is 849. The lowest BCUT2D eigenvalue weighted by atomic mass is 9.92. The Labute approximate surface area is 164 Å². The highest BCUT2D eigenvalue weighted by Crippen LogP contribution is 2.28. The second-order valence-corrected chi connectivity index (χ2v) is 7.06. The lowest BCUT2D eigenvalue weighted by Crippen LogP contribution is -2.33. The van der Waals surface area contributed by atoms with Crippen LogP contribution in [0.5, 0.6) is 0 Å². The molecule has 2 aromatic rings. The van der Waals surface area contributed by atoms with E-state index < -0.39 is 0 Å². The molecule has 2 aromatic heterocycles. The summed E-state index contributed by atoms with van der Waals surface area (Å²) in [6, 6.07) is 1.74. The normalized spacial score (nSPS) is 22.3. The molecule has 0 saturated carbocycles. The fourth-order valence-corrected chi connectivity index (χ4v) is 4.14. The summed E-state index contributed by atoms with van der Waals surface area (Å²) in [6.45, 7) is 5.49. The summed E-state index contributed by atoms with van der Waals surface area (Å²) in [4.78, 5) is 31.7. The van der Waals surface area contributed by atoms with E-state index in [0.29, 0.717) is 28.4 Å². The summed E-state index contributed by atoms with van der Waals surface area (Å²) in [7, 11) is 1.74. The van der Waals surface area contributed by atoms with Crippen molar-refractivity contribution >= 4 is 41.8 Å². The van der Waals surface area contributed by atoms with E-state index >= 15 is 0 Å². The zero-order valence-electron chi connectivity index (χ0n) is 14.9. The Balaban J connectivity index is 0.00000121. The Hall–Kier alpha value is -1.57. The maximum atomic E-state index is 13.1. The van der Waals surface area contributed by atoms with Gasteiger partial charge in [-0.25, -0.2) is 4.98 Å². The molecule has 144 valence electrons. The molecule has 4 rings (SSSR count). The molecule has 7 nitrogen and oxygen atoms in total. The van der Waals surface area contributed by atoms with E-state index in [1.54, 1.807) is 17.8 Å². The van der Waals surface area contributed by atoms with Crippen LogP contribution in [0.25, 0.3) is 11.0 Å². The Morgan fingerprint density at radius 3 is 2.42 bits per heavy atom. The van der Waals surface area contributed by atoms with Crippen molar-refractivity contribution in [3.8, 4) is 0 Å². The van der Waals surface area contributed by atoms with Crippen LogP contribution >= 0.6 is 24.8 Å². The molecule has 1 amide bonds. The number of aryl methyl sites for hydroxylation is 2. The van der Waals surface area contributed by atoms with Gasteiger partial charge < -0.3 is 10.2 Å². The van der Waals surface area contributed by atoms with Crippen molar-refractivity contribution in [1.82, 2.24) is 25.0 Å². The highest BCUT2D eigenvalue weighted by molar-refractivity contribution is 6.05. The van der Waals surface area contributed by atoms with E-state index in [4.69, 9.17) is 0 Å². The summed E-state index contributed by atoms with van der Waals surface area (Å²) in [5, 5.41) is 6.56. The fraction of sp³-hybridized carbons (Fsp3) is 0.588. The summed E-state index contributed by atoms with van der Waals surface area (Å²) >= 11 is 0. The van der Waals surface area contributed by atoms with Crippen molar-refractivity contribution < 1.29 is 4.79 Å². The number of halogens is 2. The monoisotopic (exact) mass is 401 g/mol. The second-order valence-electron chi connectivity index (χ2n) is 7.06. The molecular formula is C17H25Cl2N5O2. The molecule has 2 aliphatic heterocycles. The maximum absolute atomic E-state index is 13.1.